The Hall–Kier alpha value is -2.77. The van der Waals surface area contributed by atoms with Gasteiger partial charge < -0.3 is 40.4 Å². The van der Waals surface area contributed by atoms with Gasteiger partial charge in [-0.2, -0.15) is 15.0 Å². The van der Waals surface area contributed by atoms with Gasteiger partial charge in [-0.3, -0.25) is 4.90 Å². The lowest BCUT2D eigenvalue weighted by atomic mass is 9.89. The number of methoxy groups -OCH3 is 1. The number of likely N-dealkylation sites (tertiary alicyclic amines) is 1. The molecule has 12 nitrogen and oxygen atoms in total. The van der Waals surface area contributed by atoms with Crippen LogP contribution >= 0.6 is 11.6 Å². The molecule has 2 heterocycles. The van der Waals surface area contributed by atoms with Gasteiger partial charge in [-0.1, -0.05) is 37.8 Å². The average Bonchev–Trinajstić information content (AvgIpc) is 3.50. The number of aliphatic hydroxyl groups excluding tert-OH is 2. The number of aliphatic hydroxyl groups is 2. The van der Waals surface area contributed by atoms with Gasteiger partial charge in [-0.15, -0.1) is 0 Å². The SMILES string of the molecule is C=O.CCN1CCCC1CNc1nc(NCC2CCCCC2)nc(Nc2ccc(OCOC)c(Cl)c2)n1.CO.CO. The van der Waals surface area contributed by atoms with Crippen molar-refractivity contribution in [2.75, 3.05) is 70.3 Å². The molecular formula is C28H48ClN7O5. The minimum atomic E-state index is 0.140. The van der Waals surface area contributed by atoms with Crippen LogP contribution in [0.2, 0.25) is 5.02 Å². The lowest BCUT2D eigenvalue weighted by molar-refractivity contribution is -0.0980. The van der Waals surface area contributed by atoms with E-state index in [1.807, 2.05) is 12.9 Å². The third-order valence-electron chi connectivity index (χ3n) is 6.83. The van der Waals surface area contributed by atoms with Gasteiger partial charge in [0.15, 0.2) is 6.79 Å². The van der Waals surface area contributed by atoms with E-state index in [2.05, 4.69) is 42.7 Å². The Kier molecular flexibility index (Phi) is 19.4. The van der Waals surface area contributed by atoms with Crippen molar-refractivity contribution in [3.8, 4) is 5.75 Å². The predicted octanol–water partition coefficient (Wildman–Crippen LogP) is 4.17. The molecule has 1 aliphatic carbocycles. The molecule has 1 aromatic heterocycles. The van der Waals surface area contributed by atoms with E-state index in [1.54, 1.807) is 19.2 Å². The topological polar surface area (TPSA) is 154 Å². The second-order valence-corrected chi connectivity index (χ2v) is 9.72. The lowest BCUT2D eigenvalue weighted by Gasteiger charge is -2.23. The van der Waals surface area contributed by atoms with E-state index in [0.717, 1.165) is 46.1 Å². The molecule has 0 amide bonds. The number of nitrogens with one attached hydrogen (secondary N) is 3. The van der Waals surface area contributed by atoms with E-state index in [1.165, 1.54) is 44.9 Å². The van der Waals surface area contributed by atoms with Crippen LogP contribution in [0.5, 0.6) is 5.75 Å². The Labute approximate surface area is 249 Å². The number of hydrogen-bond acceptors (Lipinski definition) is 12. The summed E-state index contributed by atoms with van der Waals surface area (Å²) < 4.78 is 10.4. The monoisotopic (exact) mass is 597 g/mol. The first-order chi connectivity index (χ1) is 20.1. The third kappa shape index (κ3) is 12.7. The Balaban J connectivity index is 0.00000131. The zero-order valence-corrected chi connectivity index (χ0v) is 25.6. The minimum Gasteiger partial charge on any atom is -0.466 e. The predicted molar refractivity (Wildman–Crippen MR) is 164 cm³/mol. The van der Waals surface area contributed by atoms with Crippen molar-refractivity contribution in [1.29, 1.82) is 0 Å². The Morgan fingerprint density at radius 3 is 2.20 bits per heavy atom. The highest BCUT2D eigenvalue weighted by molar-refractivity contribution is 6.32. The average molecular weight is 598 g/mol. The maximum atomic E-state index is 8.00. The summed E-state index contributed by atoms with van der Waals surface area (Å²) in [7, 11) is 3.57. The summed E-state index contributed by atoms with van der Waals surface area (Å²) in [5.41, 5.74) is 0.767. The summed E-state index contributed by atoms with van der Waals surface area (Å²) >= 11 is 6.38. The van der Waals surface area contributed by atoms with Crippen LogP contribution in [0.15, 0.2) is 18.2 Å². The van der Waals surface area contributed by atoms with Gasteiger partial charge in [0.25, 0.3) is 0 Å². The molecule has 1 aromatic carbocycles. The highest BCUT2D eigenvalue weighted by Crippen LogP contribution is 2.29. The van der Waals surface area contributed by atoms with Crippen LogP contribution in [0, 0.1) is 5.92 Å². The first-order valence-electron chi connectivity index (χ1n) is 14.0. The quantitative estimate of drug-likeness (QED) is 0.223. The maximum absolute atomic E-state index is 8.00. The zero-order valence-electron chi connectivity index (χ0n) is 24.9. The summed E-state index contributed by atoms with van der Waals surface area (Å²) in [5.74, 6) is 2.85. The highest BCUT2D eigenvalue weighted by Gasteiger charge is 2.23. The maximum Gasteiger partial charge on any atom is 0.233 e. The summed E-state index contributed by atoms with van der Waals surface area (Å²) in [5, 5.41) is 24.7. The molecular weight excluding hydrogens is 550 g/mol. The molecule has 13 heteroatoms. The Morgan fingerprint density at radius 2 is 1.59 bits per heavy atom. The van der Waals surface area contributed by atoms with E-state index < -0.39 is 0 Å². The number of carbonyl (C=O) groups is 1. The normalized spacial score (nSPS) is 16.6. The van der Waals surface area contributed by atoms with Crippen molar-refractivity contribution in [1.82, 2.24) is 19.9 Å². The van der Waals surface area contributed by atoms with Gasteiger partial charge in [0.1, 0.15) is 12.5 Å². The molecule has 1 atom stereocenters. The zero-order chi connectivity index (χ0) is 30.5. The number of rotatable bonds is 12. The van der Waals surface area contributed by atoms with Crippen LogP contribution in [0.1, 0.15) is 51.9 Å². The molecule has 0 bridgehead atoms. The van der Waals surface area contributed by atoms with Crippen LogP contribution in [-0.4, -0.2) is 97.2 Å². The van der Waals surface area contributed by atoms with Crippen LogP contribution in [-0.2, 0) is 9.53 Å². The van der Waals surface area contributed by atoms with Crippen molar-refractivity contribution >= 4 is 41.9 Å². The fraction of sp³-hybridized carbons (Fsp3) is 0.643. The smallest absolute Gasteiger partial charge is 0.233 e. The summed E-state index contributed by atoms with van der Waals surface area (Å²) in [6.45, 7) is 8.28. The van der Waals surface area contributed by atoms with Gasteiger partial charge in [0.05, 0.1) is 5.02 Å². The fourth-order valence-corrected chi connectivity index (χ4v) is 5.15. The van der Waals surface area contributed by atoms with Gasteiger partial charge >= 0.3 is 0 Å². The van der Waals surface area contributed by atoms with Crippen LogP contribution in [0.3, 0.4) is 0 Å². The molecule has 1 aliphatic heterocycles. The molecule has 1 unspecified atom stereocenters. The second-order valence-electron chi connectivity index (χ2n) is 9.32. The minimum absolute atomic E-state index is 0.140. The molecule has 4 rings (SSSR count). The van der Waals surface area contributed by atoms with E-state index >= 15 is 0 Å². The first kappa shape index (κ1) is 36.3. The number of aromatic nitrogens is 3. The van der Waals surface area contributed by atoms with Crippen LogP contribution < -0.4 is 20.7 Å². The van der Waals surface area contributed by atoms with E-state index in [4.69, 9.17) is 36.1 Å². The van der Waals surface area contributed by atoms with E-state index in [0.29, 0.717) is 40.6 Å². The molecule has 0 radical (unpaired) electrons. The summed E-state index contributed by atoms with van der Waals surface area (Å²) in [6, 6.07) is 5.97. The molecule has 5 N–H and O–H groups in total. The number of anilines is 4. The molecule has 1 saturated heterocycles. The summed E-state index contributed by atoms with van der Waals surface area (Å²) in [6.07, 6.45) is 8.92. The van der Waals surface area contributed by atoms with Crippen molar-refractivity contribution in [2.45, 2.75) is 57.9 Å². The number of carbonyl (C=O) groups excluding carboxylic acids is 1. The number of nitrogens with zero attached hydrogens (tertiary/aromatic N) is 4. The van der Waals surface area contributed by atoms with E-state index in [-0.39, 0.29) is 6.79 Å². The van der Waals surface area contributed by atoms with Crippen LogP contribution in [0.4, 0.5) is 23.5 Å². The van der Waals surface area contributed by atoms with Crippen molar-refractivity contribution in [3.05, 3.63) is 23.2 Å². The van der Waals surface area contributed by atoms with Gasteiger partial charge in [0.2, 0.25) is 17.8 Å². The highest BCUT2D eigenvalue weighted by atomic mass is 35.5. The summed E-state index contributed by atoms with van der Waals surface area (Å²) in [4.78, 5) is 24.5. The molecule has 2 fully saturated rings. The van der Waals surface area contributed by atoms with Gasteiger partial charge in [-0.05, 0) is 62.9 Å². The van der Waals surface area contributed by atoms with Crippen molar-refractivity contribution < 1.29 is 24.5 Å². The van der Waals surface area contributed by atoms with E-state index in [9.17, 15) is 0 Å². The van der Waals surface area contributed by atoms with Crippen molar-refractivity contribution in [3.63, 3.8) is 0 Å². The van der Waals surface area contributed by atoms with Crippen LogP contribution in [0.25, 0.3) is 0 Å². The molecule has 2 aliphatic rings. The molecule has 1 saturated carbocycles. The van der Waals surface area contributed by atoms with Gasteiger partial charge in [-0.25, -0.2) is 0 Å². The van der Waals surface area contributed by atoms with Gasteiger partial charge in [0, 0.05) is 46.1 Å². The first-order valence-corrected chi connectivity index (χ1v) is 14.4. The molecule has 41 heavy (non-hydrogen) atoms. The largest absolute Gasteiger partial charge is 0.466 e. The lowest BCUT2D eigenvalue weighted by Crippen LogP contribution is -2.35. The number of benzene rings is 1. The number of ether oxygens (including phenoxy) is 2. The molecule has 0 spiro atoms. The fourth-order valence-electron chi connectivity index (χ4n) is 4.92. The molecule has 2 aromatic rings. The number of likely N-dealkylation sites (N-methyl/N-ethyl adjacent to an activating group) is 1. The number of hydrogen-bond donors (Lipinski definition) is 5. The third-order valence-corrected chi connectivity index (χ3v) is 7.13. The molecule has 232 valence electrons. The van der Waals surface area contributed by atoms with Crippen molar-refractivity contribution in [2.24, 2.45) is 5.92 Å². The Bertz CT molecular complexity index is 969. The number of halogens is 1. The Morgan fingerprint density at radius 1 is 0.951 bits per heavy atom. The second kappa shape index (κ2) is 21.9. The standard InChI is InChI=1S/C25H38ClN7O2.2CH4O.CH2O/c1-3-33-13-7-10-20(33)16-28-24-30-23(27-15-18-8-5-4-6-9-18)31-25(32-24)29-19-11-12-22(21(26)14-19)35-17-34-2;3*1-2/h11-12,14,18,20H,3-10,13,15-17H2,1-2H3,(H3,27,28,29,30,31,32);2*2H,1H3;1H2.